The molecule has 1 aliphatic rings. The summed E-state index contributed by atoms with van der Waals surface area (Å²) in [4.78, 5) is 11.2. The Kier molecular flexibility index (Phi) is 6.58. The van der Waals surface area contributed by atoms with Crippen LogP contribution in [-0.2, 0) is 10.9 Å². The van der Waals surface area contributed by atoms with Crippen LogP contribution < -0.4 is 10.5 Å². The molecular weight excluding hydrogens is 493 g/mol. The number of nitrogen functional groups attached to an aromatic ring is 1. The van der Waals surface area contributed by atoms with Gasteiger partial charge in [0.2, 0.25) is 4.96 Å². The molecule has 0 amide bonds. The smallest absolute Gasteiger partial charge is 0.419 e. The lowest BCUT2D eigenvalue weighted by Crippen LogP contribution is -2.38. The van der Waals surface area contributed by atoms with E-state index in [0.29, 0.717) is 28.0 Å². The van der Waals surface area contributed by atoms with Gasteiger partial charge in [0.1, 0.15) is 23.2 Å². The molecule has 8 nitrogen and oxygen atoms in total. The Hall–Kier alpha value is -3.22. The zero-order valence-electron chi connectivity index (χ0n) is 19.8. The largest absolute Gasteiger partial charge is 0.492 e. The molecule has 0 radical (unpaired) electrons. The molecule has 0 aliphatic carbocycles. The molecule has 0 atom stereocenters. The normalized spacial score (nSPS) is 15.0. The number of fused-ring (bicyclic) bond motifs is 1. The zero-order chi connectivity index (χ0) is 25.4. The second kappa shape index (κ2) is 9.68. The first kappa shape index (κ1) is 24.5. The number of aryl methyl sites for hydroxylation is 2. The van der Waals surface area contributed by atoms with E-state index in [9.17, 15) is 13.2 Å². The number of alkyl halides is 3. The van der Waals surface area contributed by atoms with Gasteiger partial charge in [-0.3, -0.25) is 4.90 Å². The summed E-state index contributed by atoms with van der Waals surface area (Å²) in [6.45, 7) is 8.47. The molecule has 36 heavy (non-hydrogen) atoms. The molecule has 1 aliphatic heterocycles. The van der Waals surface area contributed by atoms with Crippen molar-refractivity contribution in [3.8, 4) is 27.6 Å². The maximum absolute atomic E-state index is 13.4. The van der Waals surface area contributed by atoms with Crippen LogP contribution in [0.25, 0.3) is 26.8 Å². The summed E-state index contributed by atoms with van der Waals surface area (Å²) in [6, 6.07) is 6.82. The Morgan fingerprint density at radius 3 is 2.64 bits per heavy atom. The molecule has 0 unspecified atom stereocenters. The molecule has 0 bridgehead atoms. The van der Waals surface area contributed by atoms with Gasteiger partial charge in [-0.2, -0.15) is 18.3 Å². The van der Waals surface area contributed by atoms with Crippen LogP contribution in [0.15, 0.2) is 30.5 Å². The first-order valence-electron chi connectivity index (χ1n) is 11.4. The van der Waals surface area contributed by atoms with Crippen molar-refractivity contribution in [3.05, 3.63) is 47.3 Å². The number of halogens is 3. The molecule has 1 fully saturated rings. The third-order valence-corrected chi connectivity index (χ3v) is 7.02. The second-order valence-electron chi connectivity index (χ2n) is 8.58. The van der Waals surface area contributed by atoms with E-state index in [0.717, 1.165) is 55.8 Å². The lowest BCUT2D eigenvalue weighted by atomic mass is 10.1. The van der Waals surface area contributed by atoms with Crippen LogP contribution in [0.5, 0.6) is 5.75 Å². The topological polar surface area (TPSA) is 90.8 Å². The number of rotatable bonds is 6. The first-order chi connectivity index (χ1) is 17.2. The Balaban J connectivity index is 1.39. The number of benzene rings is 1. The van der Waals surface area contributed by atoms with Gasteiger partial charge in [-0.15, -0.1) is 0 Å². The van der Waals surface area contributed by atoms with Crippen molar-refractivity contribution in [3.63, 3.8) is 0 Å². The van der Waals surface area contributed by atoms with E-state index in [1.807, 2.05) is 25.1 Å². The van der Waals surface area contributed by atoms with E-state index >= 15 is 0 Å². The maximum atomic E-state index is 13.4. The van der Waals surface area contributed by atoms with Crippen molar-refractivity contribution >= 4 is 22.1 Å². The molecule has 1 saturated heterocycles. The highest BCUT2D eigenvalue weighted by Crippen LogP contribution is 2.37. The maximum Gasteiger partial charge on any atom is 0.419 e. The number of nitrogens with two attached hydrogens (primary N) is 1. The molecule has 12 heteroatoms. The van der Waals surface area contributed by atoms with Crippen molar-refractivity contribution in [2.24, 2.45) is 0 Å². The fourth-order valence-electron chi connectivity index (χ4n) is 4.18. The molecule has 0 spiro atoms. The predicted octanol–water partition coefficient (Wildman–Crippen LogP) is 4.45. The molecule has 3 aromatic heterocycles. The minimum absolute atomic E-state index is 0.249. The number of pyridine rings is 1. The summed E-state index contributed by atoms with van der Waals surface area (Å²) >= 11 is 1.36. The molecule has 2 N–H and O–H groups in total. The van der Waals surface area contributed by atoms with Crippen LogP contribution >= 0.6 is 11.3 Å². The number of ether oxygens (including phenoxy) is 2. The van der Waals surface area contributed by atoms with Crippen LogP contribution in [0, 0.1) is 13.8 Å². The van der Waals surface area contributed by atoms with Crippen LogP contribution in [-0.4, -0.2) is 63.9 Å². The minimum atomic E-state index is -4.61. The van der Waals surface area contributed by atoms with Gasteiger partial charge in [0, 0.05) is 37.0 Å². The van der Waals surface area contributed by atoms with Crippen molar-refractivity contribution in [2.45, 2.75) is 20.0 Å². The number of hydrogen-bond donors (Lipinski definition) is 1. The predicted molar refractivity (Wildman–Crippen MR) is 131 cm³/mol. The highest BCUT2D eigenvalue weighted by atomic mass is 32.1. The van der Waals surface area contributed by atoms with Crippen molar-refractivity contribution in [2.75, 3.05) is 45.2 Å². The van der Waals surface area contributed by atoms with E-state index in [1.165, 1.54) is 17.5 Å². The summed E-state index contributed by atoms with van der Waals surface area (Å²) in [5, 5.41) is 5.36. The van der Waals surface area contributed by atoms with Gasteiger partial charge in [0.05, 0.1) is 30.2 Å². The number of anilines is 1. The summed E-state index contributed by atoms with van der Waals surface area (Å²) in [5.74, 6) is 0.240. The minimum Gasteiger partial charge on any atom is -0.492 e. The molecule has 4 aromatic rings. The fraction of sp³-hybridized carbons (Fsp3) is 0.375. The average Bonchev–Trinajstić information content (AvgIpc) is 3.37. The Morgan fingerprint density at radius 1 is 1.14 bits per heavy atom. The molecule has 190 valence electrons. The molecule has 1 aromatic carbocycles. The van der Waals surface area contributed by atoms with E-state index in [4.69, 9.17) is 15.2 Å². The number of aromatic nitrogens is 4. The lowest BCUT2D eigenvalue weighted by Gasteiger charge is -2.26. The van der Waals surface area contributed by atoms with E-state index in [1.54, 1.807) is 11.4 Å². The van der Waals surface area contributed by atoms with Gasteiger partial charge in [-0.1, -0.05) is 11.3 Å². The van der Waals surface area contributed by atoms with Crippen molar-refractivity contribution < 1.29 is 22.6 Å². The molecular formula is C24H25F3N6O2S. The summed E-state index contributed by atoms with van der Waals surface area (Å²) in [6.07, 6.45) is -3.30. The summed E-state index contributed by atoms with van der Waals surface area (Å²) < 4.78 is 53.1. The van der Waals surface area contributed by atoms with Crippen molar-refractivity contribution in [1.29, 1.82) is 0 Å². The van der Waals surface area contributed by atoms with Gasteiger partial charge < -0.3 is 15.2 Å². The third kappa shape index (κ3) is 4.88. The van der Waals surface area contributed by atoms with Gasteiger partial charge in [0.25, 0.3) is 0 Å². The number of imidazole rings is 1. The zero-order valence-corrected chi connectivity index (χ0v) is 20.6. The molecule has 4 heterocycles. The summed E-state index contributed by atoms with van der Waals surface area (Å²) in [5.41, 5.74) is 7.58. The van der Waals surface area contributed by atoms with E-state index in [-0.39, 0.29) is 5.56 Å². The van der Waals surface area contributed by atoms with Crippen LogP contribution in [0.1, 0.15) is 16.8 Å². The van der Waals surface area contributed by atoms with Gasteiger partial charge in [-0.05, 0) is 43.7 Å². The van der Waals surface area contributed by atoms with Crippen molar-refractivity contribution in [1.82, 2.24) is 24.5 Å². The quantitative estimate of drug-likeness (QED) is 0.403. The Morgan fingerprint density at radius 2 is 1.92 bits per heavy atom. The SMILES string of the molecule is Cc1cc(-c2nn3c(-c4cnc(N)c(C(F)(F)F)c4)c(C)nc3s2)ccc1OCCN1CCOCC1. The van der Waals surface area contributed by atoms with Crippen LogP contribution in [0.3, 0.4) is 0 Å². The van der Waals surface area contributed by atoms with Gasteiger partial charge >= 0.3 is 6.18 Å². The van der Waals surface area contributed by atoms with Crippen LogP contribution in [0.4, 0.5) is 19.0 Å². The highest BCUT2D eigenvalue weighted by Gasteiger charge is 2.34. The third-order valence-electron chi connectivity index (χ3n) is 6.07. The van der Waals surface area contributed by atoms with E-state index in [2.05, 4.69) is 20.0 Å². The van der Waals surface area contributed by atoms with Gasteiger partial charge in [-0.25, -0.2) is 14.5 Å². The van der Waals surface area contributed by atoms with E-state index < -0.39 is 17.6 Å². The number of hydrogen-bond acceptors (Lipinski definition) is 8. The lowest BCUT2D eigenvalue weighted by molar-refractivity contribution is -0.137. The fourth-order valence-corrected chi connectivity index (χ4v) is 5.12. The average molecular weight is 519 g/mol. The Labute approximate surface area is 209 Å². The number of nitrogens with zero attached hydrogens (tertiary/aromatic N) is 5. The molecule has 0 saturated carbocycles. The highest BCUT2D eigenvalue weighted by molar-refractivity contribution is 7.19. The first-order valence-corrected chi connectivity index (χ1v) is 12.3. The molecule has 5 rings (SSSR count). The summed E-state index contributed by atoms with van der Waals surface area (Å²) in [7, 11) is 0. The second-order valence-corrected chi connectivity index (χ2v) is 9.54. The number of morpholine rings is 1. The standard InChI is InChI=1S/C24H25F3N6O2S/c1-14-11-16(3-4-19(14)35-10-7-32-5-8-34-9-6-32)22-31-33-20(15(2)30-23(33)36-22)17-12-18(24(25,26)27)21(28)29-13-17/h3-4,11-13H,5-10H2,1-2H3,(H2,28,29). The Bertz CT molecular complexity index is 1390. The monoisotopic (exact) mass is 518 g/mol. The van der Waals surface area contributed by atoms with Gasteiger partial charge in [0.15, 0.2) is 0 Å². The van der Waals surface area contributed by atoms with Crippen LogP contribution in [0.2, 0.25) is 0 Å².